The molecule has 106 valence electrons. The molecular formula is C16H13FN2O2. The zero-order valence-corrected chi connectivity index (χ0v) is 11.2. The standard InChI is InChI=1S/C16H13FN2O2/c17-12-6-5-11(14(18)8-12)9-19-15(20)7-10-3-1-2-4-13(10)16(19)21/h1-6,8H,7,9,18H2. The molecule has 4 nitrogen and oxygen atoms in total. The Morgan fingerprint density at radius 3 is 2.67 bits per heavy atom. The van der Waals surface area contributed by atoms with Gasteiger partial charge in [-0.25, -0.2) is 4.39 Å². The highest BCUT2D eigenvalue weighted by Crippen LogP contribution is 2.23. The van der Waals surface area contributed by atoms with E-state index in [1.165, 1.54) is 18.2 Å². The maximum Gasteiger partial charge on any atom is 0.261 e. The molecule has 0 aliphatic carbocycles. The number of halogens is 1. The van der Waals surface area contributed by atoms with Crippen molar-refractivity contribution in [3.8, 4) is 0 Å². The molecule has 0 saturated heterocycles. The normalized spacial score (nSPS) is 14.2. The summed E-state index contributed by atoms with van der Waals surface area (Å²) in [7, 11) is 0. The Kier molecular flexibility index (Phi) is 3.17. The van der Waals surface area contributed by atoms with E-state index in [0.717, 1.165) is 10.5 Å². The number of hydrogen-bond acceptors (Lipinski definition) is 3. The molecule has 1 heterocycles. The Balaban J connectivity index is 1.93. The van der Waals surface area contributed by atoms with Gasteiger partial charge in [-0.1, -0.05) is 24.3 Å². The van der Waals surface area contributed by atoms with E-state index in [1.54, 1.807) is 24.3 Å². The number of rotatable bonds is 2. The van der Waals surface area contributed by atoms with Gasteiger partial charge in [0.15, 0.2) is 0 Å². The summed E-state index contributed by atoms with van der Waals surface area (Å²) in [6.45, 7) is 0.0537. The van der Waals surface area contributed by atoms with Crippen molar-refractivity contribution in [1.82, 2.24) is 4.90 Å². The SMILES string of the molecule is Nc1cc(F)ccc1CN1C(=O)Cc2ccccc2C1=O. The van der Waals surface area contributed by atoms with Gasteiger partial charge in [-0.3, -0.25) is 14.5 Å². The zero-order valence-electron chi connectivity index (χ0n) is 11.2. The summed E-state index contributed by atoms with van der Waals surface area (Å²) in [5, 5.41) is 0. The smallest absolute Gasteiger partial charge is 0.261 e. The van der Waals surface area contributed by atoms with E-state index in [2.05, 4.69) is 0 Å². The van der Waals surface area contributed by atoms with Crippen LogP contribution in [0.15, 0.2) is 42.5 Å². The summed E-state index contributed by atoms with van der Waals surface area (Å²) >= 11 is 0. The van der Waals surface area contributed by atoms with Crippen LogP contribution in [0, 0.1) is 5.82 Å². The molecule has 1 aliphatic rings. The van der Waals surface area contributed by atoms with E-state index < -0.39 is 5.82 Å². The second kappa shape index (κ2) is 5.01. The molecule has 0 fully saturated rings. The number of imide groups is 1. The first-order valence-corrected chi connectivity index (χ1v) is 6.53. The minimum absolute atomic E-state index is 0.0537. The second-order valence-corrected chi connectivity index (χ2v) is 4.96. The highest BCUT2D eigenvalue weighted by atomic mass is 19.1. The van der Waals surface area contributed by atoms with Crippen LogP contribution in [0.4, 0.5) is 10.1 Å². The predicted octanol–water partition coefficient (Wildman–Crippen LogP) is 2.13. The number of carbonyl (C=O) groups excluding carboxylic acids is 2. The Labute approximate surface area is 121 Å². The summed E-state index contributed by atoms with van der Waals surface area (Å²) in [5.74, 6) is -1.06. The lowest BCUT2D eigenvalue weighted by atomic mass is 9.98. The number of nitrogens with zero attached hydrogens (tertiary/aromatic N) is 1. The van der Waals surface area contributed by atoms with Crippen molar-refractivity contribution in [3.63, 3.8) is 0 Å². The molecule has 1 aliphatic heterocycles. The Hall–Kier alpha value is -2.69. The van der Waals surface area contributed by atoms with Crippen molar-refractivity contribution >= 4 is 17.5 Å². The third-order valence-electron chi connectivity index (χ3n) is 3.57. The van der Waals surface area contributed by atoms with Crippen LogP contribution in [0.2, 0.25) is 0 Å². The monoisotopic (exact) mass is 284 g/mol. The second-order valence-electron chi connectivity index (χ2n) is 4.96. The molecule has 0 unspecified atom stereocenters. The first kappa shape index (κ1) is 13.3. The topological polar surface area (TPSA) is 63.4 Å². The molecule has 0 bridgehead atoms. The van der Waals surface area contributed by atoms with Crippen LogP contribution in [0.25, 0.3) is 0 Å². The van der Waals surface area contributed by atoms with Gasteiger partial charge in [0.1, 0.15) is 5.82 Å². The van der Waals surface area contributed by atoms with Gasteiger partial charge in [0, 0.05) is 11.3 Å². The van der Waals surface area contributed by atoms with Crippen LogP contribution < -0.4 is 5.73 Å². The quantitative estimate of drug-likeness (QED) is 0.678. The number of fused-ring (bicyclic) bond motifs is 1. The molecule has 5 heteroatoms. The van der Waals surface area contributed by atoms with Gasteiger partial charge in [0.05, 0.1) is 13.0 Å². The molecule has 0 aromatic heterocycles. The third-order valence-corrected chi connectivity index (χ3v) is 3.57. The fourth-order valence-electron chi connectivity index (χ4n) is 2.44. The van der Waals surface area contributed by atoms with Gasteiger partial charge in [-0.2, -0.15) is 0 Å². The van der Waals surface area contributed by atoms with E-state index in [-0.39, 0.29) is 30.5 Å². The molecule has 2 aromatic rings. The Morgan fingerprint density at radius 2 is 1.90 bits per heavy atom. The van der Waals surface area contributed by atoms with E-state index in [4.69, 9.17) is 5.73 Å². The largest absolute Gasteiger partial charge is 0.398 e. The van der Waals surface area contributed by atoms with Crippen LogP contribution in [0.1, 0.15) is 21.5 Å². The number of anilines is 1. The van der Waals surface area contributed by atoms with Gasteiger partial charge >= 0.3 is 0 Å². The molecule has 2 amide bonds. The maximum atomic E-state index is 13.0. The van der Waals surface area contributed by atoms with Crippen molar-refractivity contribution < 1.29 is 14.0 Å². The molecule has 0 radical (unpaired) electrons. The van der Waals surface area contributed by atoms with Crippen LogP contribution in [0.5, 0.6) is 0 Å². The molecule has 0 saturated carbocycles. The van der Waals surface area contributed by atoms with Crippen molar-refractivity contribution in [2.75, 3.05) is 5.73 Å². The first-order valence-electron chi connectivity index (χ1n) is 6.53. The van der Waals surface area contributed by atoms with E-state index in [0.29, 0.717) is 11.1 Å². The van der Waals surface area contributed by atoms with Gasteiger partial charge in [-0.05, 0) is 29.3 Å². The maximum absolute atomic E-state index is 13.0. The van der Waals surface area contributed by atoms with Crippen molar-refractivity contribution in [2.45, 2.75) is 13.0 Å². The van der Waals surface area contributed by atoms with Gasteiger partial charge in [0.2, 0.25) is 5.91 Å². The number of nitrogens with two attached hydrogens (primary N) is 1. The number of carbonyl (C=O) groups is 2. The third kappa shape index (κ3) is 2.38. The number of nitrogen functional groups attached to an aromatic ring is 1. The highest BCUT2D eigenvalue weighted by molar-refractivity contribution is 6.09. The average Bonchev–Trinajstić information content (AvgIpc) is 2.45. The van der Waals surface area contributed by atoms with E-state index in [9.17, 15) is 14.0 Å². The average molecular weight is 284 g/mol. The van der Waals surface area contributed by atoms with Gasteiger partial charge < -0.3 is 5.73 Å². The van der Waals surface area contributed by atoms with Crippen LogP contribution in [-0.2, 0) is 17.8 Å². The molecule has 0 atom stereocenters. The molecule has 0 spiro atoms. The summed E-state index contributed by atoms with van der Waals surface area (Å²) in [4.78, 5) is 25.7. The zero-order chi connectivity index (χ0) is 15.0. The molecule has 2 aromatic carbocycles. The van der Waals surface area contributed by atoms with Crippen LogP contribution in [-0.4, -0.2) is 16.7 Å². The lowest BCUT2D eigenvalue weighted by Gasteiger charge is -2.27. The molecule has 21 heavy (non-hydrogen) atoms. The van der Waals surface area contributed by atoms with E-state index in [1.807, 2.05) is 0 Å². The lowest BCUT2D eigenvalue weighted by Crippen LogP contribution is -2.41. The Morgan fingerprint density at radius 1 is 1.14 bits per heavy atom. The summed E-state index contributed by atoms with van der Waals surface area (Å²) in [5.41, 5.74) is 7.78. The fraction of sp³-hybridized carbons (Fsp3) is 0.125. The van der Waals surface area contributed by atoms with Crippen molar-refractivity contribution in [2.24, 2.45) is 0 Å². The van der Waals surface area contributed by atoms with Crippen LogP contribution >= 0.6 is 0 Å². The molecular weight excluding hydrogens is 271 g/mol. The number of benzene rings is 2. The molecule has 3 rings (SSSR count). The predicted molar refractivity (Wildman–Crippen MR) is 75.8 cm³/mol. The van der Waals surface area contributed by atoms with Crippen molar-refractivity contribution in [3.05, 3.63) is 65.0 Å². The summed E-state index contributed by atoms with van der Waals surface area (Å²) < 4.78 is 13.0. The summed E-state index contributed by atoms with van der Waals surface area (Å²) in [6, 6.07) is 11.0. The first-order chi connectivity index (χ1) is 10.1. The van der Waals surface area contributed by atoms with Gasteiger partial charge in [-0.15, -0.1) is 0 Å². The minimum atomic E-state index is -0.446. The van der Waals surface area contributed by atoms with Gasteiger partial charge in [0.25, 0.3) is 5.91 Å². The lowest BCUT2D eigenvalue weighted by molar-refractivity contribution is -0.128. The number of amides is 2. The fourth-order valence-corrected chi connectivity index (χ4v) is 2.44. The minimum Gasteiger partial charge on any atom is -0.398 e. The number of hydrogen-bond donors (Lipinski definition) is 1. The Bertz CT molecular complexity index is 743. The van der Waals surface area contributed by atoms with E-state index >= 15 is 0 Å². The van der Waals surface area contributed by atoms with Crippen molar-refractivity contribution in [1.29, 1.82) is 0 Å². The summed E-state index contributed by atoms with van der Waals surface area (Å²) in [6.07, 6.45) is 0.184. The molecule has 2 N–H and O–H groups in total. The highest BCUT2D eigenvalue weighted by Gasteiger charge is 2.30. The van der Waals surface area contributed by atoms with Crippen LogP contribution in [0.3, 0.4) is 0 Å².